The van der Waals surface area contributed by atoms with E-state index in [0.717, 1.165) is 12.8 Å². The van der Waals surface area contributed by atoms with Crippen LogP contribution in [-0.4, -0.2) is 94.1 Å². The number of unbranched alkanes of at least 4 members (excludes halogenated alkanes) is 1. The van der Waals surface area contributed by atoms with Gasteiger partial charge in [0.15, 0.2) is 0 Å². The monoisotopic (exact) mass is 473 g/mol. The summed E-state index contributed by atoms with van der Waals surface area (Å²) in [6.45, 7) is 9.22. The van der Waals surface area contributed by atoms with Crippen molar-refractivity contribution in [3.8, 4) is 0 Å². The highest BCUT2D eigenvalue weighted by atomic mass is 16.5. The minimum absolute atomic E-state index is 0.152. The first-order valence-electron chi connectivity index (χ1n) is 12.6. The van der Waals surface area contributed by atoms with E-state index in [1.165, 1.54) is 0 Å². The number of hydrogen-bond donors (Lipinski definition) is 1. The van der Waals surface area contributed by atoms with E-state index < -0.39 is 35.1 Å². The summed E-state index contributed by atoms with van der Waals surface area (Å²) in [6.07, 6.45) is 9.94. The molecule has 1 N–H and O–H groups in total. The number of likely N-dealkylation sites (tertiary alicyclic amines) is 1. The standard InChI is InChI=1S/C26H39N3O5/c1-6-7-13-28-14-9-11-26-20(19-22(31)27(5)12-8-10-25(19,4)34-26)23(32)29(21(26)24(28)33)18(16-30)15-17(2)3/h8-11,17-21,30H,6-7,12-16H2,1-5H3/t18-,19+,20+,21?,25-,26+/m1/s1. The van der Waals surface area contributed by atoms with Crippen LogP contribution >= 0.6 is 0 Å². The molecule has 0 aromatic heterocycles. The topological polar surface area (TPSA) is 90.4 Å². The van der Waals surface area contributed by atoms with Crippen LogP contribution in [0.15, 0.2) is 24.3 Å². The van der Waals surface area contributed by atoms with Crippen LogP contribution in [0.4, 0.5) is 0 Å². The second kappa shape index (κ2) is 9.11. The van der Waals surface area contributed by atoms with Crippen LogP contribution in [0.3, 0.4) is 0 Å². The van der Waals surface area contributed by atoms with E-state index in [4.69, 9.17) is 4.74 Å². The highest BCUT2D eigenvalue weighted by Gasteiger charge is 2.75. The highest BCUT2D eigenvalue weighted by molar-refractivity contribution is 6.00. The Morgan fingerprint density at radius 1 is 1.09 bits per heavy atom. The molecule has 6 atom stereocenters. The minimum atomic E-state index is -1.25. The molecule has 4 heterocycles. The fourth-order valence-electron chi connectivity index (χ4n) is 6.39. The van der Waals surface area contributed by atoms with E-state index in [1.54, 1.807) is 21.7 Å². The minimum Gasteiger partial charge on any atom is -0.394 e. The number of carbonyl (C=O) groups is 3. The predicted molar refractivity (Wildman–Crippen MR) is 128 cm³/mol. The molecule has 0 radical (unpaired) electrons. The third kappa shape index (κ3) is 3.70. The molecule has 0 saturated carbocycles. The van der Waals surface area contributed by atoms with Crippen molar-refractivity contribution in [1.82, 2.24) is 14.7 Å². The Balaban J connectivity index is 1.87. The number of hydrogen-bond acceptors (Lipinski definition) is 5. The van der Waals surface area contributed by atoms with E-state index >= 15 is 0 Å². The van der Waals surface area contributed by atoms with Crippen LogP contribution in [0.1, 0.15) is 47.0 Å². The third-order valence-corrected chi connectivity index (χ3v) is 7.91. The van der Waals surface area contributed by atoms with Crippen molar-refractivity contribution in [2.24, 2.45) is 17.8 Å². The lowest BCUT2D eigenvalue weighted by atomic mass is 9.74. The van der Waals surface area contributed by atoms with Crippen molar-refractivity contribution < 1.29 is 24.2 Å². The zero-order valence-corrected chi connectivity index (χ0v) is 21.1. The molecule has 8 nitrogen and oxygen atoms in total. The van der Waals surface area contributed by atoms with Gasteiger partial charge in [0, 0.05) is 26.7 Å². The van der Waals surface area contributed by atoms with Gasteiger partial charge in [0.25, 0.3) is 0 Å². The van der Waals surface area contributed by atoms with E-state index in [2.05, 4.69) is 6.92 Å². The molecule has 34 heavy (non-hydrogen) atoms. The van der Waals surface area contributed by atoms with Crippen LogP contribution in [0.5, 0.6) is 0 Å². The van der Waals surface area contributed by atoms with Crippen LogP contribution in [-0.2, 0) is 19.1 Å². The second-order valence-corrected chi connectivity index (χ2v) is 10.9. The second-order valence-electron chi connectivity index (χ2n) is 10.9. The Bertz CT molecular complexity index is 901. The maximum Gasteiger partial charge on any atom is 0.249 e. The molecule has 3 amide bonds. The van der Waals surface area contributed by atoms with Crippen molar-refractivity contribution >= 4 is 17.7 Å². The Labute approximate surface area is 202 Å². The highest BCUT2D eigenvalue weighted by Crippen LogP contribution is 2.57. The first-order chi connectivity index (χ1) is 16.1. The number of ether oxygens (including phenoxy) is 1. The van der Waals surface area contributed by atoms with Crippen molar-refractivity contribution in [1.29, 1.82) is 0 Å². The van der Waals surface area contributed by atoms with Crippen LogP contribution in [0.25, 0.3) is 0 Å². The Morgan fingerprint density at radius 3 is 2.44 bits per heavy atom. The molecule has 4 aliphatic rings. The molecule has 0 bridgehead atoms. The largest absolute Gasteiger partial charge is 0.394 e. The predicted octanol–water partition coefficient (Wildman–Crippen LogP) is 1.59. The fraction of sp³-hybridized carbons (Fsp3) is 0.731. The number of aliphatic hydroxyl groups excluding tert-OH is 1. The van der Waals surface area contributed by atoms with E-state index in [-0.39, 0.29) is 30.2 Å². The number of carbonyl (C=O) groups excluding carboxylic acids is 3. The normalized spacial score (nSPS) is 36.0. The average molecular weight is 474 g/mol. The summed E-state index contributed by atoms with van der Waals surface area (Å²) >= 11 is 0. The molecule has 4 aliphatic heterocycles. The first kappa shape index (κ1) is 24.9. The lowest BCUT2D eigenvalue weighted by Gasteiger charge is -2.40. The molecule has 4 rings (SSSR count). The first-order valence-corrected chi connectivity index (χ1v) is 12.6. The molecular formula is C26H39N3O5. The molecule has 1 spiro atoms. The van der Waals surface area contributed by atoms with Gasteiger partial charge >= 0.3 is 0 Å². The van der Waals surface area contributed by atoms with Crippen LogP contribution in [0, 0.1) is 17.8 Å². The molecule has 0 aromatic rings. The van der Waals surface area contributed by atoms with Gasteiger partial charge in [-0.2, -0.15) is 0 Å². The van der Waals surface area contributed by atoms with Gasteiger partial charge in [-0.15, -0.1) is 0 Å². The van der Waals surface area contributed by atoms with Gasteiger partial charge in [-0.25, -0.2) is 0 Å². The number of nitrogens with zero attached hydrogens (tertiary/aromatic N) is 3. The van der Waals surface area contributed by atoms with E-state index in [0.29, 0.717) is 26.1 Å². The maximum atomic E-state index is 14.2. The number of rotatable bonds is 7. The summed E-state index contributed by atoms with van der Waals surface area (Å²) in [5, 5.41) is 10.3. The fourth-order valence-corrected chi connectivity index (χ4v) is 6.39. The van der Waals surface area contributed by atoms with Gasteiger partial charge in [-0.1, -0.05) is 51.5 Å². The number of aliphatic hydroxyl groups is 1. The van der Waals surface area contributed by atoms with Gasteiger partial charge < -0.3 is 24.5 Å². The van der Waals surface area contributed by atoms with E-state index in [1.807, 2.05) is 45.1 Å². The van der Waals surface area contributed by atoms with Crippen molar-refractivity contribution in [2.45, 2.75) is 70.2 Å². The molecule has 2 fully saturated rings. The summed E-state index contributed by atoms with van der Waals surface area (Å²) in [6, 6.07) is -1.43. The van der Waals surface area contributed by atoms with Gasteiger partial charge in [-0.3, -0.25) is 14.4 Å². The van der Waals surface area contributed by atoms with Gasteiger partial charge in [0.2, 0.25) is 17.7 Å². The van der Waals surface area contributed by atoms with Crippen molar-refractivity contribution in [2.75, 3.05) is 33.3 Å². The zero-order valence-electron chi connectivity index (χ0n) is 21.1. The Hall–Kier alpha value is -2.19. The van der Waals surface area contributed by atoms with Crippen molar-refractivity contribution in [3.63, 3.8) is 0 Å². The molecular weight excluding hydrogens is 434 g/mol. The number of likely N-dealkylation sites (N-methyl/N-ethyl adjacent to an activating group) is 1. The maximum absolute atomic E-state index is 14.2. The summed E-state index contributed by atoms with van der Waals surface area (Å²) in [4.78, 5) is 46.8. The molecule has 0 aliphatic carbocycles. The Kier molecular flexibility index (Phi) is 6.68. The molecule has 0 aromatic carbocycles. The van der Waals surface area contributed by atoms with Crippen LogP contribution in [0.2, 0.25) is 0 Å². The van der Waals surface area contributed by atoms with E-state index in [9.17, 15) is 19.5 Å². The summed E-state index contributed by atoms with van der Waals surface area (Å²) in [5.74, 6) is -1.94. The summed E-state index contributed by atoms with van der Waals surface area (Å²) in [7, 11) is 1.73. The average Bonchev–Trinajstić information content (AvgIpc) is 3.07. The molecule has 188 valence electrons. The smallest absolute Gasteiger partial charge is 0.249 e. The number of amides is 3. The quantitative estimate of drug-likeness (QED) is 0.567. The molecule has 8 heteroatoms. The van der Waals surface area contributed by atoms with Crippen molar-refractivity contribution in [3.05, 3.63) is 24.3 Å². The zero-order chi connectivity index (χ0) is 24.8. The SMILES string of the molecule is CCCCN1CC=C[C@]23O[C@]4(C)C=CCN(C)C(=O)[C@@H]4[C@H]2C(=O)N([C@@H](CO)CC(C)C)C3C1=O. The van der Waals surface area contributed by atoms with Gasteiger partial charge in [-0.05, 0) is 25.7 Å². The van der Waals surface area contributed by atoms with Crippen LogP contribution < -0.4 is 0 Å². The lowest BCUT2D eigenvalue weighted by Crippen LogP contribution is -2.59. The van der Waals surface area contributed by atoms with Gasteiger partial charge in [0.1, 0.15) is 11.6 Å². The summed E-state index contributed by atoms with van der Waals surface area (Å²) < 4.78 is 6.76. The lowest BCUT2D eigenvalue weighted by molar-refractivity contribution is -0.156. The molecule has 1 unspecified atom stereocenters. The number of fused-ring (bicyclic) bond motifs is 2. The third-order valence-electron chi connectivity index (χ3n) is 7.91. The summed E-state index contributed by atoms with van der Waals surface area (Å²) in [5.41, 5.74) is -2.25. The molecule has 2 saturated heterocycles. The van der Waals surface area contributed by atoms with Gasteiger partial charge in [0.05, 0.1) is 30.1 Å². The Morgan fingerprint density at radius 2 is 1.79 bits per heavy atom.